The molecule has 0 unspecified atom stereocenters. The first-order valence-corrected chi connectivity index (χ1v) is 10.8. The molecule has 0 aliphatic heterocycles. The number of nitrogens with one attached hydrogen (secondary N) is 1. The van der Waals surface area contributed by atoms with Gasteiger partial charge in [-0.25, -0.2) is 9.78 Å². The van der Waals surface area contributed by atoms with Crippen molar-refractivity contribution in [1.82, 2.24) is 14.9 Å². The number of hydrogen-bond acceptors (Lipinski definition) is 5. The molecule has 1 aliphatic carbocycles. The van der Waals surface area contributed by atoms with E-state index in [0.29, 0.717) is 40.7 Å². The number of ether oxygens (including phenoxy) is 1. The van der Waals surface area contributed by atoms with Crippen LogP contribution >= 0.6 is 0 Å². The first kappa shape index (κ1) is 22.0. The molecule has 4 atom stereocenters. The number of benzene rings is 1. The van der Waals surface area contributed by atoms with Crippen LogP contribution in [0.15, 0.2) is 23.0 Å². The van der Waals surface area contributed by atoms with Crippen molar-refractivity contribution in [2.45, 2.75) is 72.6 Å². The zero-order chi connectivity index (χ0) is 22.0. The molecule has 1 aromatic carbocycles. The summed E-state index contributed by atoms with van der Waals surface area (Å²) in [6.07, 6.45) is 2.33. The Morgan fingerprint density at radius 1 is 1.30 bits per heavy atom. The van der Waals surface area contributed by atoms with E-state index in [9.17, 15) is 14.4 Å². The maximum absolute atomic E-state index is 12.6. The fraction of sp³-hybridized carbons (Fsp3) is 0.565. The molecular weight excluding hydrogens is 382 g/mol. The zero-order valence-electron chi connectivity index (χ0n) is 18.4. The summed E-state index contributed by atoms with van der Waals surface area (Å²) in [5.41, 5.74) is 1.74. The van der Waals surface area contributed by atoms with E-state index in [-0.39, 0.29) is 17.5 Å². The predicted octanol–water partition coefficient (Wildman–Crippen LogP) is 3.21. The summed E-state index contributed by atoms with van der Waals surface area (Å²) in [7, 11) is 0. The summed E-state index contributed by atoms with van der Waals surface area (Å²) in [5.74, 6) is 0.106. The van der Waals surface area contributed by atoms with E-state index in [1.807, 2.05) is 6.92 Å². The third-order valence-electron chi connectivity index (χ3n) is 6.35. The lowest BCUT2D eigenvalue weighted by atomic mass is 9.78. The summed E-state index contributed by atoms with van der Waals surface area (Å²) in [6, 6.07) is 5.01. The van der Waals surface area contributed by atoms with Crippen molar-refractivity contribution in [3.63, 3.8) is 0 Å². The Labute approximate surface area is 176 Å². The average Bonchev–Trinajstić information content (AvgIpc) is 2.72. The second-order valence-corrected chi connectivity index (χ2v) is 8.38. The highest BCUT2D eigenvalue weighted by Crippen LogP contribution is 2.29. The van der Waals surface area contributed by atoms with Crippen molar-refractivity contribution >= 4 is 22.9 Å². The number of fused-ring (bicyclic) bond motifs is 1. The quantitative estimate of drug-likeness (QED) is 0.760. The molecule has 1 saturated carbocycles. The van der Waals surface area contributed by atoms with Crippen molar-refractivity contribution in [3.8, 4) is 0 Å². The van der Waals surface area contributed by atoms with Gasteiger partial charge in [-0.1, -0.05) is 26.7 Å². The van der Waals surface area contributed by atoms with Crippen LogP contribution in [0.2, 0.25) is 0 Å². The van der Waals surface area contributed by atoms with Crippen LogP contribution < -0.4 is 10.9 Å². The van der Waals surface area contributed by atoms with Gasteiger partial charge in [-0.2, -0.15) is 0 Å². The van der Waals surface area contributed by atoms with Gasteiger partial charge in [0.15, 0.2) is 6.10 Å². The lowest BCUT2D eigenvalue weighted by molar-refractivity contribution is -0.130. The van der Waals surface area contributed by atoms with Crippen LogP contribution in [0.1, 0.15) is 63.0 Å². The smallest absolute Gasteiger partial charge is 0.338 e. The van der Waals surface area contributed by atoms with E-state index in [0.717, 1.165) is 12.8 Å². The van der Waals surface area contributed by atoms with Crippen LogP contribution in [-0.4, -0.2) is 33.6 Å². The Morgan fingerprint density at radius 3 is 2.73 bits per heavy atom. The molecule has 3 rings (SSSR count). The number of nitrogens with zero attached hydrogens (tertiary/aromatic N) is 2. The van der Waals surface area contributed by atoms with Crippen LogP contribution in [0.4, 0.5) is 0 Å². The van der Waals surface area contributed by atoms with E-state index < -0.39 is 12.1 Å². The second-order valence-electron chi connectivity index (χ2n) is 8.38. The third-order valence-corrected chi connectivity index (χ3v) is 6.35. The molecule has 1 N–H and O–H groups in total. The number of aromatic nitrogens is 2. The number of rotatable bonds is 5. The van der Waals surface area contributed by atoms with Crippen LogP contribution in [0.3, 0.4) is 0 Å². The number of hydrogen-bond donors (Lipinski definition) is 1. The summed E-state index contributed by atoms with van der Waals surface area (Å²) in [5, 5.41) is 3.05. The van der Waals surface area contributed by atoms with Gasteiger partial charge in [-0.3, -0.25) is 9.59 Å². The average molecular weight is 414 g/mol. The van der Waals surface area contributed by atoms with Gasteiger partial charge in [0.25, 0.3) is 11.5 Å². The van der Waals surface area contributed by atoms with Gasteiger partial charge >= 0.3 is 5.97 Å². The molecule has 1 fully saturated rings. The minimum atomic E-state index is -0.892. The predicted molar refractivity (Wildman–Crippen MR) is 115 cm³/mol. The number of carbonyl (C=O) groups excluding carboxylic acids is 2. The van der Waals surface area contributed by atoms with Gasteiger partial charge in [0.05, 0.1) is 16.6 Å². The molecule has 0 spiro atoms. The molecule has 0 radical (unpaired) electrons. The maximum Gasteiger partial charge on any atom is 0.338 e. The lowest BCUT2D eigenvalue weighted by Crippen LogP contribution is -2.47. The number of esters is 1. The van der Waals surface area contributed by atoms with E-state index in [1.165, 1.54) is 6.42 Å². The van der Waals surface area contributed by atoms with E-state index in [1.54, 1.807) is 36.6 Å². The SMILES string of the molecule is CCn1c(=O)c(C)nc2cc(C(=O)O[C@@H](C)C(=O)N[C@@H]3CCC[C@H](C)[C@@H]3C)ccc21. The van der Waals surface area contributed by atoms with E-state index in [4.69, 9.17) is 4.74 Å². The molecule has 1 aromatic heterocycles. The molecule has 162 valence electrons. The molecule has 1 aliphatic rings. The number of carbonyl (C=O) groups is 2. The fourth-order valence-corrected chi connectivity index (χ4v) is 4.18. The first-order valence-electron chi connectivity index (χ1n) is 10.8. The van der Waals surface area contributed by atoms with Crippen LogP contribution in [0.25, 0.3) is 11.0 Å². The molecule has 0 saturated heterocycles. The van der Waals surface area contributed by atoms with Gasteiger partial charge in [-0.05, 0) is 57.2 Å². The van der Waals surface area contributed by atoms with Crippen LogP contribution in [0.5, 0.6) is 0 Å². The summed E-state index contributed by atoms with van der Waals surface area (Å²) < 4.78 is 7.03. The Kier molecular flexibility index (Phi) is 6.58. The van der Waals surface area contributed by atoms with E-state index in [2.05, 4.69) is 24.1 Å². The number of aryl methyl sites for hydroxylation is 2. The van der Waals surface area contributed by atoms with E-state index >= 15 is 0 Å². The van der Waals surface area contributed by atoms with Gasteiger partial charge in [-0.15, -0.1) is 0 Å². The van der Waals surface area contributed by atoms with Gasteiger partial charge in [0.1, 0.15) is 5.69 Å². The Balaban J connectivity index is 1.72. The monoisotopic (exact) mass is 413 g/mol. The number of amides is 1. The van der Waals surface area contributed by atoms with Crippen molar-refractivity contribution in [1.29, 1.82) is 0 Å². The summed E-state index contributed by atoms with van der Waals surface area (Å²) in [6.45, 7) is 10.0. The maximum atomic E-state index is 12.6. The van der Waals surface area contributed by atoms with Gasteiger partial charge < -0.3 is 14.6 Å². The highest BCUT2D eigenvalue weighted by atomic mass is 16.5. The minimum absolute atomic E-state index is 0.112. The Bertz CT molecular complexity index is 1010. The third kappa shape index (κ3) is 4.40. The highest BCUT2D eigenvalue weighted by Gasteiger charge is 2.30. The normalized spacial score (nSPS) is 22.5. The Morgan fingerprint density at radius 2 is 2.03 bits per heavy atom. The molecular formula is C23H31N3O4. The molecule has 7 nitrogen and oxygen atoms in total. The second kappa shape index (κ2) is 8.98. The standard InChI is InChI=1S/C23H31N3O4/c1-6-26-20-11-10-17(12-19(20)24-15(4)22(26)28)23(29)30-16(5)21(27)25-18-9-7-8-13(2)14(18)3/h10-14,16,18H,6-9H2,1-5H3,(H,25,27)/t13-,14-,16-,18+/m0/s1. The highest BCUT2D eigenvalue weighted by molar-refractivity contribution is 5.95. The van der Waals surface area contributed by atoms with Crippen molar-refractivity contribution < 1.29 is 14.3 Å². The molecule has 1 heterocycles. The fourth-order valence-electron chi connectivity index (χ4n) is 4.18. The summed E-state index contributed by atoms with van der Waals surface area (Å²) >= 11 is 0. The molecule has 0 bridgehead atoms. The van der Waals surface area contributed by atoms with Crippen molar-refractivity contribution in [2.75, 3.05) is 0 Å². The molecule has 2 aromatic rings. The Hall–Kier alpha value is -2.70. The first-order chi connectivity index (χ1) is 14.2. The molecule has 30 heavy (non-hydrogen) atoms. The minimum Gasteiger partial charge on any atom is -0.449 e. The largest absolute Gasteiger partial charge is 0.449 e. The van der Waals surface area contributed by atoms with Crippen LogP contribution in [-0.2, 0) is 16.1 Å². The lowest BCUT2D eigenvalue weighted by Gasteiger charge is -2.35. The summed E-state index contributed by atoms with van der Waals surface area (Å²) in [4.78, 5) is 41.7. The topological polar surface area (TPSA) is 90.3 Å². The molecule has 7 heteroatoms. The van der Waals surface area contributed by atoms with Crippen molar-refractivity contribution in [3.05, 3.63) is 39.8 Å². The zero-order valence-corrected chi connectivity index (χ0v) is 18.4. The van der Waals surface area contributed by atoms with Crippen molar-refractivity contribution in [2.24, 2.45) is 11.8 Å². The van der Waals surface area contributed by atoms with Crippen LogP contribution in [0, 0.1) is 18.8 Å². The van der Waals surface area contributed by atoms with Gasteiger partial charge in [0, 0.05) is 12.6 Å². The van der Waals surface area contributed by atoms with Gasteiger partial charge in [0.2, 0.25) is 0 Å². The molecule has 1 amide bonds.